The summed E-state index contributed by atoms with van der Waals surface area (Å²) >= 11 is 0. The average Bonchev–Trinajstić information content (AvgIpc) is 3.10. The van der Waals surface area contributed by atoms with E-state index in [2.05, 4.69) is 10.2 Å². The van der Waals surface area contributed by atoms with E-state index in [1.54, 1.807) is 13.2 Å². The van der Waals surface area contributed by atoms with Crippen LogP contribution in [-0.2, 0) is 22.6 Å². The first-order valence-electron chi connectivity index (χ1n) is 7.41. The third-order valence-corrected chi connectivity index (χ3v) is 3.37. The smallest absolute Gasteiger partial charge is 0.310 e. The van der Waals surface area contributed by atoms with Gasteiger partial charge in [0, 0.05) is 11.1 Å². The Morgan fingerprint density at radius 1 is 1.04 bits per heavy atom. The summed E-state index contributed by atoms with van der Waals surface area (Å²) in [5.41, 5.74) is 1.58. The number of carbonyl (C=O) groups excluding carboxylic acids is 1. The molecule has 3 aromatic rings. The topological polar surface area (TPSA) is 74.5 Å². The molecule has 24 heavy (non-hydrogen) atoms. The van der Waals surface area contributed by atoms with E-state index in [1.807, 2.05) is 48.5 Å². The molecule has 0 saturated carbocycles. The molecule has 0 amide bonds. The lowest BCUT2D eigenvalue weighted by molar-refractivity contribution is -0.144. The van der Waals surface area contributed by atoms with Crippen LogP contribution in [0.4, 0.5) is 0 Å². The molecule has 6 heteroatoms. The van der Waals surface area contributed by atoms with E-state index in [1.165, 1.54) is 0 Å². The van der Waals surface area contributed by atoms with Gasteiger partial charge in [0.15, 0.2) is 6.61 Å². The van der Waals surface area contributed by atoms with Gasteiger partial charge in [-0.25, -0.2) is 0 Å². The molecule has 0 spiro atoms. The van der Waals surface area contributed by atoms with Gasteiger partial charge in [-0.3, -0.25) is 4.79 Å². The third kappa shape index (κ3) is 3.78. The fourth-order valence-corrected chi connectivity index (χ4v) is 2.21. The number of carbonyl (C=O) groups is 1. The molecule has 6 nitrogen and oxygen atoms in total. The molecule has 0 radical (unpaired) electrons. The van der Waals surface area contributed by atoms with Crippen LogP contribution < -0.4 is 4.74 Å². The molecule has 0 atom stereocenters. The van der Waals surface area contributed by atoms with Crippen LogP contribution in [0.25, 0.3) is 11.5 Å². The first-order valence-corrected chi connectivity index (χ1v) is 7.41. The number of hydrogen-bond acceptors (Lipinski definition) is 6. The van der Waals surface area contributed by atoms with Crippen LogP contribution >= 0.6 is 0 Å². The number of aromatic nitrogens is 2. The second-order valence-electron chi connectivity index (χ2n) is 5.02. The lowest BCUT2D eigenvalue weighted by Gasteiger charge is -2.07. The minimum Gasteiger partial charge on any atom is -0.496 e. The van der Waals surface area contributed by atoms with Crippen LogP contribution in [0.1, 0.15) is 11.5 Å². The van der Waals surface area contributed by atoms with Crippen molar-refractivity contribution in [2.75, 3.05) is 7.11 Å². The maximum atomic E-state index is 12.0. The molecule has 1 heterocycles. The van der Waals surface area contributed by atoms with Crippen LogP contribution in [0.3, 0.4) is 0 Å². The number of ether oxygens (including phenoxy) is 2. The van der Waals surface area contributed by atoms with Gasteiger partial charge in [-0.05, 0) is 18.2 Å². The molecule has 1 aromatic heterocycles. The second-order valence-corrected chi connectivity index (χ2v) is 5.02. The van der Waals surface area contributed by atoms with Crippen LogP contribution in [0.15, 0.2) is 59.0 Å². The van der Waals surface area contributed by atoms with Crippen molar-refractivity contribution < 1.29 is 18.7 Å². The highest BCUT2D eigenvalue weighted by Gasteiger charge is 2.13. The van der Waals surface area contributed by atoms with Crippen LogP contribution in [0.5, 0.6) is 5.75 Å². The number of benzene rings is 2. The van der Waals surface area contributed by atoms with Crippen molar-refractivity contribution in [1.29, 1.82) is 0 Å². The SMILES string of the molecule is COc1ccccc1CC(=O)OCc1nnc(-c2ccccc2)o1. The number of rotatable bonds is 6. The summed E-state index contributed by atoms with van der Waals surface area (Å²) in [6.07, 6.45) is 0.115. The number of hydrogen-bond donors (Lipinski definition) is 0. The summed E-state index contributed by atoms with van der Waals surface area (Å²) in [5, 5.41) is 7.83. The zero-order valence-corrected chi connectivity index (χ0v) is 13.1. The zero-order valence-electron chi connectivity index (χ0n) is 13.1. The molecular weight excluding hydrogens is 308 g/mol. The molecular formula is C18H16N2O4. The predicted molar refractivity (Wildman–Crippen MR) is 86.2 cm³/mol. The summed E-state index contributed by atoms with van der Waals surface area (Å²) in [6, 6.07) is 16.7. The van der Waals surface area contributed by atoms with Crippen molar-refractivity contribution in [3.05, 3.63) is 66.1 Å². The molecule has 122 valence electrons. The van der Waals surface area contributed by atoms with Gasteiger partial charge in [-0.15, -0.1) is 10.2 Å². The summed E-state index contributed by atoms with van der Waals surface area (Å²) in [7, 11) is 1.56. The molecule has 0 aliphatic heterocycles. The number of esters is 1. The van der Waals surface area contributed by atoms with Crippen molar-refractivity contribution in [1.82, 2.24) is 10.2 Å². The molecule has 0 saturated heterocycles. The van der Waals surface area contributed by atoms with Crippen molar-refractivity contribution in [2.24, 2.45) is 0 Å². The van der Waals surface area contributed by atoms with Gasteiger partial charge in [0.25, 0.3) is 5.89 Å². The largest absolute Gasteiger partial charge is 0.496 e. The van der Waals surface area contributed by atoms with Gasteiger partial charge < -0.3 is 13.9 Å². The van der Waals surface area contributed by atoms with Gasteiger partial charge in [0.1, 0.15) is 5.75 Å². The molecule has 2 aromatic carbocycles. The maximum absolute atomic E-state index is 12.0. The van der Waals surface area contributed by atoms with Crippen molar-refractivity contribution in [3.63, 3.8) is 0 Å². The second kappa shape index (κ2) is 7.41. The monoisotopic (exact) mass is 324 g/mol. The van der Waals surface area contributed by atoms with Crippen molar-refractivity contribution in [3.8, 4) is 17.2 Å². The van der Waals surface area contributed by atoms with E-state index >= 15 is 0 Å². The molecule has 0 unspecified atom stereocenters. The fraction of sp³-hybridized carbons (Fsp3) is 0.167. The lowest BCUT2D eigenvalue weighted by atomic mass is 10.1. The quantitative estimate of drug-likeness (QED) is 0.649. The van der Waals surface area contributed by atoms with E-state index in [0.29, 0.717) is 11.6 Å². The van der Waals surface area contributed by atoms with E-state index in [4.69, 9.17) is 13.9 Å². The fourth-order valence-electron chi connectivity index (χ4n) is 2.21. The zero-order chi connectivity index (χ0) is 16.8. The van der Waals surface area contributed by atoms with Gasteiger partial charge in [0.2, 0.25) is 5.89 Å². The number of methoxy groups -OCH3 is 1. The Morgan fingerprint density at radius 3 is 2.58 bits per heavy atom. The predicted octanol–water partition coefficient (Wildman–Crippen LogP) is 3.03. The molecule has 0 bridgehead atoms. The maximum Gasteiger partial charge on any atom is 0.310 e. The Bertz CT molecular complexity index is 815. The van der Waals surface area contributed by atoms with Crippen molar-refractivity contribution in [2.45, 2.75) is 13.0 Å². The van der Waals surface area contributed by atoms with Crippen molar-refractivity contribution >= 4 is 5.97 Å². The molecule has 0 fully saturated rings. The lowest BCUT2D eigenvalue weighted by Crippen LogP contribution is -2.09. The molecule has 0 N–H and O–H groups in total. The highest BCUT2D eigenvalue weighted by molar-refractivity contribution is 5.73. The Labute approximate surface area is 139 Å². The van der Waals surface area contributed by atoms with Gasteiger partial charge in [-0.1, -0.05) is 36.4 Å². The standard InChI is InChI=1S/C18H16N2O4/c1-22-15-10-6-5-9-14(15)11-17(21)23-12-16-19-20-18(24-16)13-7-3-2-4-8-13/h2-10H,11-12H2,1H3. The summed E-state index contributed by atoms with van der Waals surface area (Å²) in [5.74, 6) is 0.908. The number of para-hydroxylation sites is 1. The summed E-state index contributed by atoms with van der Waals surface area (Å²) in [4.78, 5) is 12.0. The first-order chi connectivity index (χ1) is 11.8. The van der Waals surface area contributed by atoms with E-state index in [0.717, 1.165) is 11.1 Å². The van der Waals surface area contributed by atoms with Crippen LogP contribution in [0, 0.1) is 0 Å². The Hall–Kier alpha value is -3.15. The van der Waals surface area contributed by atoms with E-state index in [-0.39, 0.29) is 24.9 Å². The number of nitrogens with zero attached hydrogens (tertiary/aromatic N) is 2. The Kier molecular flexibility index (Phi) is 4.86. The van der Waals surface area contributed by atoms with Gasteiger partial charge in [0.05, 0.1) is 13.5 Å². The summed E-state index contributed by atoms with van der Waals surface area (Å²) < 4.78 is 15.9. The molecule has 3 rings (SSSR count). The first kappa shape index (κ1) is 15.7. The summed E-state index contributed by atoms with van der Waals surface area (Å²) in [6.45, 7) is -0.0617. The Morgan fingerprint density at radius 2 is 1.79 bits per heavy atom. The minimum atomic E-state index is -0.390. The normalized spacial score (nSPS) is 10.4. The average molecular weight is 324 g/mol. The van der Waals surface area contributed by atoms with Gasteiger partial charge in [-0.2, -0.15) is 0 Å². The van der Waals surface area contributed by atoms with Crippen LogP contribution in [-0.4, -0.2) is 23.3 Å². The molecule has 0 aliphatic carbocycles. The van der Waals surface area contributed by atoms with E-state index < -0.39 is 0 Å². The minimum absolute atomic E-state index is 0.0617. The Balaban J connectivity index is 1.58. The molecule has 0 aliphatic rings. The highest BCUT2D eigenvalue weighted by atomic mass is 16.5. The third-order valence-electron chi connectivity index (χ3n) is 3.37. The van der Waals surface area contributed by atoms with Gasteiger partial charge >= 0.3 is 5.97 Å². The van der Waals surface area contributed by atoms with E-state index in [9.17, 15) is 4.79 Å². The highest BCUT2D eigenvalue weighted by Crippen LogP contribution is 2.19. The van der Waals surface area contributed by atoms with Crippen LogP contribution in [0.2, 0.25) is 0 Å².